The van der Waals surface area contributed by atoms with Crippen molar-refractivity contribution in [3.8, 4) is 0 Å². The highest BCUT2D eigenvalue weighted by Gasteiger charge is 2.28. The number of nitrogens with one attached hydrogen (secondary N) is 1. The van der Waals surface area contributed by atoms with Crippen LogP contribution in [-0.2, 0) is 9.53 Å². The molecule has 92 valence electrons. The molecule has 0 spiro atoms. The van der Waals surface area contributed by atoms with Crippen molar-refractivity contribution in [1.82, 2.24) is 5.32 Å². The SMILES string of the molecule is CCOC(=O)[C@@H]1CCN[C@H](c2ccccc2)C1. The molecular formula is C14H19NO2. The lowest BCUT2D eigenvalue weighted by Crippen LogP contribution is -2.35. The Morgan fingerprint density at radius 2 is 2.18 bits per heavy atom. The van der Waals surface area contributed by atoms with Crippen LogP contribution in [0, 0.1) is 5.92 Å². The van der Waals surface area contributed by atoms with Gasteiger partial charge < -0.3 is 10.1 Å². The molecule has 1 saturated heterocycles. The molecular weight excluding hydrogens is 214 g/mol. The minimum Gasteiger partial charge on any atom is -0.466 e. The van der Waals surface area contributed by atoms with Gasteiger partial charge in [0.1, 0.15) is 0 Å². The molecule has 1 N–H and O–H groups in total. The van der Waals surface area contributed by atoms with E-state index in [4.69, 9.17) is 4.74 Å². The standard InChI is InChI=1S/C14H19NO2/c1-2-17-14(16)12-8-9-15-13(10-12)11-6-4-3-5-7-11/h3-7,12-13,15H,2,8-10H2,1H3/t12-,13+/m1/s1. The summed E-state index contributed by atoms with van der Waals surface area (Å²) in [6.45, 7) is 3.20. The Balaban J connectivity index is 2.00. The van der Waals surface area contributed by atoms with Crippen molar-refractivity contribution in [2.75, 3.05) is 13.2 Å². The zero-order chi connectivity index (χ0) is 12.1. The van der Waals surface area contributed by atoms with E-state index in [1.54, 1.807) is 0 Å². The molecule has 0 amide bonds. The van der Waals surface area contributed by atoms with E-state index in [9.17, 15) is 4.79 Å². The molecule has 1 aromatic rings. The summed E-state index contributed by atoms with van der Waals surface area (Å²) in [5.74, 6) is -0.00339. The molecule has 1 aliphatic rings. The van der Waals surface area contributed by atoms with Crippen LogP contribution in [0.5, 0.6) is 0 Å². The number of rotatable bonds is 3. The smallest absolute Gasteiger partial charge is 0.309 e. The topological polar surface area (TPSA) is 38.3 Å². The molecule has 0 radical (unpaired) electrons. The van der Waals surface area contributed by atoms with Gasteiger partial charge >= 0.3 is 5.97 Å². The average molecular weight is 233 g/mol. The molecule has 0 bridgehead atoms. The second kappa shape index (κ2) is 5.82. The molecule has 1 aromatic carbocycles. The number of piperidine rings is 1. The van der Waals surface area contributed by atoms with Crippen molar-refractivity contribution < 1.29 is 9.53 Å². The molecule has 0 saturated carbocycles. The van der Waals surface area contributed by atoms with E-state index >= 15 is 0 Å². The summed E-state index contributed by atoms with van der Waals surface area (Å²) >= 11 is 0. The van der Waals surface area contributed by atoms with E-state index in [0.717, 1.165) is 19.4 Å². The highest BCUT2D eigenvalue weighted by Crippen LogP contribution is 2.27. The van der Waals surface area contributed by atoms with Gasteiger partial charge in [-0.25, -0.2) is 0 Å². The quantitative estimate of drug-likeness (QED) is 0.814. The van der Waals surface area contributed by atoms with Crippen LogP contribution in [0.25, 0.3) is 0 Å². The first-order valence-electron chi connectivity index (χ1n) is 6.26. The van der Waals surface area contributed by atoms with Gasteiger partial charge in [0.25, 0.3) is 0 Å². The van der Waals surface area contributed by atoms with Crippen molar-refractivity contribution >= 4 is 5.97 Å². The highest BCUT2D eigenvalue weighted by atomic mass is 16.5. The number of hydrogen-bond donors (Lipinski definition) is 1. The predicted octanol–water partition coefficient (Wildman–Crippen LogP) is 2.29. The number of ether oxygens (including phenoxy) is 1. The first-order chi connectivity index (χ1) is 8.31. The average Bonchev–Trinajstić information content (AvgIpc) is 2.40. The summed E-state index contributed by atoms with van der Waals surface area (Å²) in [4.78, 5) is 11.7. The van der Waals surface area contributed by atoms with Crippen molar-refractivity contribution in [3.63, 3.8) is 0 Å². The monoisotopic (exact) mass is 233 g/mol. The van der Waals surface area contributed by atoms with E-state index in [0.29, 0.717) is 6.61 Å². The Morgan fingerprint density at radius 3 is 2.88 bits per heavy atom. The van der Waals surface area contributed by atoms with Gasteiger partial charge in [-0.2, -0.15) is 0 Å². The Hall–Kier alpha value is -1.35. The van der Waals surface area contributed by atoms with E-state index < -0.39 is 0 Å². The summed E-state index contributed by atoms with van der Waals surface area (Å²) in [5, 5.41) is 3.45. The van der Waals surface area contributed by atoms with Gasteiger partial charge in [0.15, 0.2) is 0 Å². The van der Waals surface area contributed by atoms with Gasteiger partial charge in [0.2, 0.25) is 0 Å². The lowest BCUT2D eigenvalue weighted by Gasteiger charge is -2.29. The van der Waals surface area contributed by atoms with Crippen LogP contribution in [0.2, 0.25) is 0 Å². The van der Waals surface area contributed by atoms with Gasteiger partial charge in [0, 0.05) is 6.04 Å². The third kappa shape index (κ3) is 3.07. The first kappa shape index (κ1) is 12.1. The lowest BCUT2D eigenvalue weighted by atomic mass is 9.89. The van der Waals surface area contributed by atoms with Crippen LogP contribution in [-0.4, -0.2) is 19.1 Å². The molecule has 0 aliphatic carbocycles. The van der Waals surface area contributed by atoms with Crippen LogP contribution >= 0.6 is 0 Å². The fourth-order valence-corrected chi connectivity index (χ4v) is 2.33. The van der Waals surface area contributed by atoms with Crippen molar-refractivity contribution in [1.29, 1.82) is 0 Å². The second-order valence-corrected chi connectivity index (χ2v) is 4.39. The van der Waals surface area contributed by atoms with Crippen LogP contribution < -0.4 is 5.32 Å². The third-order valence-electron chi connectivity index (χ3n) is 3.23. The summed E-state index contributed by atoms with van der Waals surface area (Å²) in [5.41, 5.74) is 1.25. The summed E-state index contributed by atoms with van der Waals surface area (Å²) in [6, 6.07) is 10.6. The number of hydrogen-bond acceptors (Lipinski definition) is 3. The largest absolute Gasteiger partial charge is 0.466 e. The van der Waals surface area contributed by atoms with Gasteiger partial charge in [-0.05, 0) is 31.9 Å². The first-order valence-corrected chi connectivity index (χ1v) is 6.26. The van der Waals surface area contributed by atoms with Crippen LogP contribution in [0.3, 0.4) is 0 Å². The van der Waals surface area contributed by atoms with Gasteiger partial charge in [-0.3, -0.25) is 4.79 Å². The van der Waals surface area contributed by atoms with E-state index in [-0.39, 0.29) is 17.9 Å². The Bertz CT molecular complexity index is 364. The number of carbonyl (C=O) groups is 1. The maximum atomic E-state index is 11.7. The van der Waals surface area contributed by atoms with E-state index in [1.807, 2.05) is 25.1 Å². The molecule has 2 rings (SSSR count). The molecule has 0 unspecified atom stereocenters. The van der Waals surface area contributed by atoms with Crippen molar-refractivity contribution in [2.24, 2.45) is 5.92 Å². The maximum Gasteiger partial charge on any atom is 0.309 e. The molecule has 1 fully saturated rings. The predicted molar refractivity (Wildman–Crippen MR) is 66.5 cm³/mol. The minimum absolute atomic E-state index is 0.0430. The number of benzene rings is 1. The molecule has 1 heterocycles. The number of esters is 1. The highest BCUT2D eigenvalue weighted by molar-refractivity contribution is 5.72. The number of carbonyl (C=O) groups excluding carboxylic acids is 1. The van der Waals surface area contributed by atoms with Gasteiger partial charge in [0.05, 0.1) is 12.5 Å². The zero-order valence-electron chi connectivity index (χ0n) is 10.2. The molecule has 3 nitrogen and oxygen atoms in total. The molecule has 17 heavy (non-hydrogen) atoms. The van der Waals surface area contributed by atoms with Crippen LogP contribution in [0.15, 0.2) is 30.3 Å². The normalized spacial score (nSPS) is 24.3. The van der Waals surface area contributed by atoms with Crippen molar-refractivity contribution in [3.05, 3.63) is 35.9 Å². The molecule has 0 aromatic heterocycles. The van der Waals surface area contributed by atoms with Crippen molar-refractivity contribution in [2.45, 2.75) is 25.8 Å². The molecule has 3 heteroatoms. The Labute approximate surface area is 102 Å². The molecule has 1 aliphatic heterocycles. The second-order valence-electron chi connectivity index (χ2n) is 4.39. The van der Waals surface area contributed by atoms with E-state index in [2.05, 4.69) is 17.4 Å². The minimum atomic E-state index is -0.0464. The maximum absolute atomic E-state index is 11.7. The van der Waals surface area contributed by atoms with Gasteiger partial charge in [-0.15, -0.1) is 0 Å². The van der Waals surface area contributed by atoms with Gasteiger partial charge in [-0.1, -0.05) is 30.3 Å². The Morgan fingerprint density at radius 1 is 1.41 bits per heavy atom. The molecule has 2 atom stereocenters. The summed E-state index contributed by atoms with van der Waals surface area (Å²) in [6.07, 6.45) is 1.71. The fraction of sp³-hybridized carbons (Fsp3) is 0.500. The van der Waals surface area contributed by atoms with E-state index in [1.165, 1.54) is 5.56 Å². The summed E-state index contributed by atoms with van der Waals surface area (Å²) in [7, 11) is 0. The third-order valence-corrected chi connectivity index (χ3v) is 3.23. The fourth-order valence-electron chi connectivity index (χ4n) is 2.33. The van der Waals surface area contributed by atoms with Crippen LogP contribution in [0.1, 0.15) is 31.4 Å². The zero-order valence-corrected chi connectivity index (χ0v) is 10.2. The van der Waals surface area contributed by atoms with Crippen LogP contribution in [0.4, 0.5) is 0 Å². The Kier molecular flexibility index (Phi) is 4.15. The lowest BCUT2D eigenvalue weighted by molar-refractivity contribution is -0.149. The summed E-state index contributed by atoms with van der Waals surface area (Å²) < 4.78 is 5.10.